The molecule has 1 aliphatic rings. The number of hydrogen-bond donors (Lipinski definition) is 1. The molecule has 0 amide bonds. The molecule has 6 nitrogen and oxygen atoms in total. The van der Waals surface area contributed by atoms with Crippen LogP contribution in [0.1, 0.15) is 18.0 Å². The average Bonchev–Trinajstić information content (AvgIpc) is 2.37. The molecule has 0 fully saturated rings. The molecule has 1 aromatic rings. The first-order chi connectivity index (χ1) is 9.68. The number of ether oxygens (including phenoxy) is 1. The third-order valence-corrected chi connectivity index (χ3v) is 2.90. The van der Waals surface area contributed by atoms with Crippen LogP contribution < -0.4 is 5.73 Å². The van der Waals surface area contributed by atoms with Crippen molar-refractivity contribution in [1.82, 2.24) is 0 Å². The highest BCUT2D eigenvalue weighted by Gasteiger charge is 2.46. The lowest BCUT2D eigenvalue weighted by Crippen LogP contribution is -2.40. The van der Waals surface area contributed by atoms with Crippen LogP contribution in [0.4, 0.5) is 23.2 Å². The minimum Gasteiger partial charge on any atom is -0.452 e. The highest BCUT2D eigenvalue weighted by molar-refractivity contribution is 5.72. The van der Waals surface area contributed by atoms with Crippen molar-refractivity contribution in [1.29, 1.82) is 0 Å². The summed E-state index contributed by atoms with van der Waals surface area (Å²) in [5.74, 6) is -0.898. The van der Waals surface area contributed by atoms with E-state index in [1.54, 1.807) is 0 Å². The Labute approximate surface area is 115 Å². The van der Waals surface area contributed by atoms with Crippen molar-refractivity contribution in [3.63, 3.8) is 0 Å². The Morgan fingerprint density at radius 2 is 2.10 bits per heavy atom. The fourth-order valence-electron chi connectivity index (χ4n) is 1.93. The van der Waals surface area contributed by atoms with Crippen molar-refractivity contribution in [3.8, 4) is 0 Å². The van der Waals surface area contributed by atoms with E-state index >= 15 is 0 Å². The van der Waals surface area contributed by atoms with E-state index in [2.05, 4.69) is 9.73 Å². The number of aliphatic imine (C=N–C) groups is 1. The zero-order valence-electron chi connectivity index (χ0n) is 10.3. The van der Waals surface area contributed by atoms with Gasteiger partial charge in [-0.05, 0) is 6.07 Å². The summed E-state index contributed by atoms with van der Waals surface area (Å²) >= 11 is 0. The number of non-ortho nitro benzene ring substituents is 1. The highest BCUT2D eigenvalue weighted by atomic mass is 19.4. The van der Waals surface area contributed by atoms with Gasteiger partial charge in [-0.1, -0.05) is 0 Å². The van der Waals surface area contributed by atoms with E-state index in [-0.39, 0.29) is 5.56 Å². The Morgan fingerprint density at radius 1 is 1.43 bits per heavy atom. The highest BCUT2D eigenvalue weighted by Crippen LogP contribution is 2.37. The number of nitrogens with zero attached hydrogens (tertiary/aromatic N) is 2. The van der Waals surface area contributed by atoms with Crippen molar-refractivity contribution >= 4 is 11.7 Å². The number of nitro groups is 1. The number of alkyl halides is 3. The molecule has 0 saturated carbocycles. The number of nitro benzene ring substituents is 1. The molecular weight excluding hydrogens is 298 g/mol. The van der Waals surface area contributed by atoms with Gasteiger partial charge in [0.05, 0.1) is 11.0 Å². The molecule has 21 heavy (non-hydrogen) atoms. The molecule has 0 aromatic heterocycles. The molecule has 2 rings (SSSR count). The number of amidine groups is 1. The fourth-order valence-corrected chi connectivity index (χ4v) is 1.93. The molecular formula is C11H9F4N3O3. The summed E-state index contributed by atoms with van der Waals surface area (Å²) in [6.07, 6.45) is -7.64. The predicted molar refractivity (Wildman–Crippen MR) is 63.0 cm³/mol. The van der Waals surface area contributed by atoms with Gasteiger partial charge in [0, 0.05) is 24.1 Å². The van der Waals surface area contributed by atoms with Gasteiger partial charge >= 0.3 is 6.18 Å². The van der Waals surface area contributed by atoms with Gasteiger partial charge in [-0.2, -0.15) is 13.2 Å². The quantitative estimate of drug-likeness (QED) is 0.516. The van der Waals surface area contributed by atoms with Crippen LogP contribution in [-0.2, 0) is 4.74 Å². The molecule has 0 radical (unpaired) electrons. The predicted octanol–water partition coefficient (Wildman–Crippen LogP) is 2.44. The topological polar surface area (TPSA) is 90.8 Å². The summed E-state index contributed by atoms with van der Waals surface area (Å²) < 4.78 is 56.1. The summed E-state index contributed by atoms with van der Waals surface area (Å²) in [5, 5.41) is 10.7. The van der Waals surface area contributed by atoms with E-state index in [0.717, 1.165) is 18.2 Å². The van der Waals surface area contributed by atoms with Gasteiger partial charge in [-0.3, -0.25) is 10.1 Å². The second-order valence-electron chi connectivity index (χ2n) is 4.33. The molecule has 10 heteroatoms. The standard InChI is InChI=1S/C11H9F4N3O3/c12-7-2-1-5(18(19)20)3-6(7)8-4-9(11(13,14)15)21-10(16)17-8/h1-3,8-9H,4H2,(H2,16,17)/t8-,9-/m0/s1. The van der Waals surface area contributed by atoms with E-state index in [9.17, 15) is 27.7 Å². The van der Waals surface area contributed by atoms with Crippen LogP contribution in [0.3, 0.4) is 0 Å². The lowest BCUT2D eigenvalue weighted by Gasteiger charge is -2.28. The third-order valence-electron chi connectivity index (χ3n) is 2.90. The Kier molecular flexibility index (Phi) is 3.71. The second kappa shape index (κ2) is 5.19. The maximum atomic E-state index is 13.7. The number of hydrogen-bond acceptors (Lipinski definition) is 5. The Bertz CT molecular complexity index is 603. The van der Waals surface area contributed by atoms with E-state index < -0.39 is 47.2 Å². The second-order valence-corrected chi connectivity index (χ2v) is 4.33. The van der Waals surface area contributed by atoms with Crippen LogP contribution in [0.2, 0.25) is 0 Å². The molecule has 2 atom stereocenters. The minimum absolute atomic E-state index is 0.329. The molecule has 0 bridgehead atoms. The molecule has 2 N–H and O–H groups in total. The van der Waals surface area contributed by atoms with E-state index in [1.807, 2.05) is 0 Å². The molecule has 1 aliphatic heterocycles. The Balaban J connectivity index is 2.39. The van der Waals surface area contributed by atoms with Gasteiger partial charge in [0.2, 0.25) is 0 Å². The van der Waals surface area contributed by atoms with Gasteiger partial charge in [0.25, 0.3) is 11.7 Å². The van der Waals surface area contributed by atoms with Gasteiger partial charge < -0.3 is 10.5 Å². The number of rotatable bonds is 2. The van der Waals surface area contributed by atoms with E-state index in [4.69, 9.17) is 5.73 Å². The summed E-state index contributed by atoms with van der Waals surface area (Å²) in [6, 6.07) is 0.518. The van der Waals surface area contributed by atoms with Crippen LogP contribution in [-0.4, -0.2) is 23.2 Å². The summed E-state index contributed by atoms with van der Waals surface area (Å²) in [7, 11) is 0. The lowest BCUT2D eigenvalue weighted by atomic mass is 9.99. The van der Waals surface area contributed by atoms with E-state index in [1.165, 1.54) is 0 Å². The van der Waals surface area contributed by atoms with Crippen LogP contribution in [0.25, 0.3) is 0 Å². The molecule has 0 unspecified atom stereocenters. The zero-order chi connectivity index (χ0) is 15.8. The van der Waals surface area contributed by atoms with Gasteiger partial charge in [0.1, 0.15) is 5.82 Å². The number of benzene rings is 1. The molecule has 114 valence electrons. The molecule has 1 heterocycles. The Morgan fingerprint density at radius 3 is 2.67 bits per heavy atom. The van der Waals surface area contributed by atoms with Crippen molar-refractivity contribution in [2.75, 3.05) is 0 Å². The van der Waals surface area contributed by atoms with Crippen LogP contribution >= 0.6 is 0 Å². The summed E-state index contributed by atoms with van der Waals surface area (Å²) in [5.41, 5.74) is 4.39. The number of halogens is 4. The van der Waals surface area contributed by atoms with Gasteiger partial charge in [-0.25, -0.2) is 9.38 Å². The SMILES string of the molecule is NC1=N[C@H](c2cc([N+](=O)[O-])ccc2F)C[C@@H](C(F)(F)F)O1. The van der Waals surface area contributed by atoms with Gasteiger partial charge in [-0.15, -0.1) is 0 Å². The average molecular weight is 307 g/mol. The fraction of sp³-hybridized carbons (Fsp3) is 0.364. The number of nitrogens with two attached hydrogens (primary N) is 1. The Hall–Kier alpha value is -2.39. The van der Waals surface area contributed by atoms with Crippen molar-refractivity contribution in [3.05, 3.63) is 39.7 Å². The van der Waals surface area contributed by atoms with E-state index in [0.29, 0.717) is 0 Å². The third kappa shape index (κ3) is 3.20. The molecule has 0 saturated heterocycles. The first kappa shape index (κ1) is 15.0. The first-order valence-electron chi connectivity index (χ1n) is 5.69. The zero-order valence-corrected chi connectivity index (χ0v) is 10.3. The van der Waals surface area contributed by atoms with Gasteiger partial charge in [0.15, 0.2) is 6.10 Å². The lowest BCUT2D eigenvalue weighted by molar-refractivity contribution is -0.385. The summed E-state index contributed by atoms with van der Waals surface area (Å²) in [6.45, 7) is 0. The monoisotopic (exact) mass is 307 g/mol. The molecule has 0 aliphatic carbocycles. The smallest absolute Gasteiger partial charge is 0.425 e. The van der Waals surface area contributed by atoms with Crippen LogP contribution in [0.5, 0.6) is 0 Å². The van der Waals surface area contributed by atoms with Crippen molar-refractivity contribution in [2.24, 2.45) is 10.7 Å². The molecule has 0 spiro atoms. The minimum atomic E-state index is -4.70. The van der Waals surface area contributed by atoms with Crippen LogP contribution in [0, 0.1) is 15.9 Å². The maximum absolute atomic E-state index is 13.7. The normalized spacial score (nSPS) is 22.4. The van der Waals surface area contributed by atoms with Crippen molar-refractivity contribution < 1.29 is 27.2 Å². The first-order valence-corrected chi connectivity index (χ1v) is 5.69. The van der Waals surface area contributed by atoms with Crippen molar-refractivity contribution in [2.45, 2.75) is 24.7 Å². The maximum Gasteiger partial charge on any atom is 0.425 e. The molecule has 1 aromatic carbocycles. The van der Waals surface area contributed by atoms with Crippen LogP contribution in [0.15, 0.2) is 23.2 Å². The summed E-state index contributed by atoms with van der Waals surface area (Å²) in [4.78, 5) is 13.5. The largest absolute Gasteiger partial charge is 0.452 e.